The molecule has 7 heteroatoms. The van der Waals surface area contributed by atoms with Crippen molar-refractivity contribution < 1.29 is 14.0 Å². The van der Waals surface area contributed by atoms with E-state index in [1.807, 2.05) is 12.1 Å². The second-order valence-electron chi connectivity index (χ2n) is 5.15. The molecular weight excluding hydrogens is 311 g/mol. The summed E-state index contributed by atoms with van der Waals surface area (Å²) < 4.78 is 15.0. The van der Waals surface area contributed by atoms with Gasteiger partial charge in [-0.25, -0.2) is 8.91 Å². The molecule has 2 aromatic heterocycles. The molecular formula is C17H15FN4O2. The van der Waals surface area contributed by atoms with E-state index in [1.54, 1.807) is 41.0 Å². The number of nitrogens with zero attached hydrogens (tertiary/aromatic N) is 2. The predicted octanol–water partition coefficient (Wildman–Crippen LogP) is 1.52. The fourth-order valence-corrected chi connectivity index (χ4v) is 2.20. The van der Waals surface area contributed by atoms with Gasteiger partial charge in [0.05, 0.1) is 12.1 Å². The van der Waals surface area contributed by atoms with Crippen molar-refractivity contribution in [2.45, 2.75) is 6.54 Å². The van der Waals surface area contributed by atoms with Gasteiger partial charge in [0, 0.05) is 18.3 Å². The highest BCUT2D eigenvalue weighted by Crippen LogP contribution is 2.06. The Labute approximate surface area is 137 Å². The van der Waals surface area contributed by atoms with Crippen LogP contribution in [-0.2, 0) is 11.3 Å². The van der Waals surface area contributed by atoms with Crippen molar-refractivity contribution in [3.8, 4) is 0 Å². The summed E-state index contributed by atoms with van der Waals surface area (Å²) in [6.45, 7) is -0.142. The van der Waals surface area contributed by atoms with Crippen LogP contribution in [0.15, 0.2) is 54.7 Å². The Hall–Kier alpha value is -3.22. The monoisotopic (exact) mass is 326 g/mol. The molecule has 0 radical (unpaired) electrons. The van der Waals surface area contributed by atoms with Crippen LogP contribution in [0, 0.1) is 5.82 Å². The maximum atomic E-state index is 13.4. The zero-order chi connectivity index (χ0) is 16.9. The van der Waals surface area contributed by atoms with Crippen LogP contribution in [0.3, 0.4) is 0 Å². The first-order valence-corrected chi connectivity index (χ1v) is 7.36. The lowest BCUT2D eigenvalue weighted by Gasteiger charge is -2.06. The number of hydrogen-bond donors (Lipinski definition) is 2. The SMILES string of the molecule is O=C(CNC(=O)c1cc2ccccn2n1)NCc1ccccc1F. The van der Waals surface area contributed by atoms with Gasteiger partial charge in [-0.1, -0.05) is 24.3 Å². The minimum Gasteiger partial charge on any atom is -0.350 e. The standard InChI is InChI=1S/C17H15FN4O2/c18-14-7-2-1-5-12(14)10-19-16(23)11-20-17(24)15-9-13-6-3-4-8-22(13)21-15/h1-9H,10-11H2,(H,19,23)(H,20,24). The van der Waals surface area contributed by atoms with Crippen molar-refractivity contribution in [1.29, 1.82) is 0 Å². The molecule has 24 heavy (non-hydrogen) atoms. The minimum atomic E-state index is -0.445. The summed E-state index contributed by atoms with van der Waals surface area (Å²) >= 11 is 0. The third kappa shape index (κ3) is 3.57. The van der Waals surface area contributed by atoms with Crippen LogP contribution in [0.4, 0.5) is 4.39 Å². The van der Waals surface area contributed by atoms with E-state index in [0.29, 0.717) is 5.56 Å². The molecule has 0 unspecified atom stereocenters. The second kappa shape index (κ2) is 6.91. The molecule has 6 nitrogen and oxygen atoms in total. The summed E-state index contributed by atoms with van der Waals surface area (Å²) in [4.78, 5) is 23.8. The third-order valence-electron chi connectivity index (χ3n) is 3.45. The highest BCUT2D eigenvalue weighted by atomic mass is 19.1. The van der Waals surface area contributed by atoms with Crippen molar-refractivity contribution in [2.75, 3.05) is 6.54 Å². The van der Waals surface area contributed by atoms with Crippen molar-refractivity contribution in [1.82, 2.24) is 20.2 Å². The molecule has 2 heterocycles. The zero-order valence-electron chi connectivity index (χ0n) is 12.7. The van der Waals surface area contributed by atoms with Gasteiger partial charge in [0.2, 0.25) is 5.91 Å². The van der Waals surface area contributed by atoms with E-state index in [9.17, 15) is 14.0 Å². The third-order valence-corrected chi connectivity index (χ3v) is 3.45. The number of aromatic nitrogens is 2. The highest BCUT2D eigenvalue weighted by molar-refractivity contribution is 5.95. The van der Waals surface area contributed by atoms with Crippen LogP contribution >= 0.6 is 0 Å². The van der Waals surface area contributed by atoms with E-state index < -0.39 is 11.8 Å². The lowest BCUT2D eigenvalue weighted by atomic mass is 10.2. The number of carbonyl (C=O) groups is 2. The first-order valence-electron chi connectivity index (χ1n) is 7.36. The number of amides is 2. The number of hydrogen-bond acceptors (Lipinski definition) is 3. The van der Waals surface area contributed by atoms with Crippen molar-refractivity contribution in [2.24, 2.45) is 0 Å². The highest BCUT2D eigenvalue weighted by Gasteiger charge is 2.12. The van der Waals surface area contributed by atoms with Gasteiger partial charge in [0.1, 0.15) is 5.82 Å². The molecule has 0 aliphatic heterocycles. The predicted molar refractivity (Wildman–Crippen MR) is 85.8 cm³/mol. The number of fused-ring (bicyclic) bond motifs is 1. The molecule has 122 valence electrons. The zero-order valence-corrected chi connectivity index (χ0v) is 12.7. The summed E-state index contributed by atoms with van der Waals surface area (Å²) in [5, 5.41) is 9.16. The van der Waals surface area contributed by atoms with Crippen LogP contribution in [0.5, 0.6) is 0 Å². The second-order valence-corrected chi connectivity index (χ2v) is 5.15. The number of halogens is 1. The van der Waals surface area contributed by atoms with Crippen LogP contribution in [0.2, 0.25) is 0 Å². The largest absolute Gasteiger partial charge is 0.350 e. The normalized spacial score (nSPS) is 10.5. The van der Waals surface area contributed by atoms with Crippen molar-refractivity contribution in [3.05, 3.63) is 71.8 Å². The Bertz CT molecular complexity index is 858. The number of benzene rings is 1. The van der Waals surface area contributed by atoms with Gasteiger partial charge < -0.3 is 10.6 Å². The number of pyridine rings is 1. The van der Waals surface area contributed by atoms with Crippen LogP contribution in [0.1, 0.15) is 16.1 Å². The molecule has 0 atom stereocenters. The smallest absolute Gasteiger partial charge is 0.272 e. The molecule has 0 spiro atoms. The lowest BCUT2D eigenvalue weighted by Crippen LogP contribution is -2.36. The molecule has 0 saturated carbocycles. The van der Waals surface area contributed by atoms with E-state index in [-0.39, 0.29) is 24.6 Å². The number of carbonyl (C=O) groups excluding carboxylic acids is 2. The molecule has 0 saturated heterocycles. The van der Waals surface area contributed by atoms with E-state index in [1.165, 1.54) is 6.07 Å². The maximum absolute atomic E-state index is 13.4. The Kier molecular flexibility index (Phi) is 4.51. The fourth-order valence-electron chi connectivity index (χ4n) is 2.20. The van der Waals surface area contributed by atoms with Crippen LogP contribution in [0.25, 0.3) is 5.52 Å². The Morgan fingerprint density at radius 3 is 2.67 bits per heavy atom. The first kappa shape index (κ1) is 15.7. The van der Waals surface area contributed by atoms with Gasteiger partial charge in [-0.2, -0.15) is 5.10 Å². The molecule has 3 rings (SSSR count). The Balaban J connectivity index is 1.52. The van der Waals surface area contributed by atoms with Crippen molar-refractivity contribution in [3.63, 3.8) is 0 Å². The first-order chi connectivity index (χ1) is 11.6. The molecule has 2 N–H and O–H groups in total. The summed E-state index contributed by atoms with van der Waals surface area (Å²) in [6.07, 6.45) is 1.73. The minimum absolute atomic E-state index is 0.0652. The van der Waals surface area contributed by atoms with Gasteiger partial charge in [-0.15, -0.1) is 0 Å². The molecule has 0 bridgehead atoms. The number of nitrogens with one attached hydrogen (secondary N) is 2. The van der Waals surface area contributed by atoms with Crippen LogP contribution < -0.4 is 10.6 Å². The van der Waals surface area contributed by atoms with E-state index in [4.69, 9.17) is 0 Å². The van der Waals surface area contributed by atoms with Gasteiger partial charge in [-0.3, -0.25) is 9.59 Å². The Morgan fingerprint density at radius 2 is 1.88 bits per heavy atom. The number of rotatable bonds is 5. The van der Waals surface area contributed by atoms with E-state index >= 15 is 0 Å². The summed E-state index contributed by atoms with van der Waals surface area (Å²) in [5.41, 5.74) is 1.40. The van der Waals surface area contributed by atoms with Gasteiger partial charge in [-0.05, 0) is 24.3 Å². The summed E-state index contributed by atoms with van der Waals surface area (Å²) in [5.74, 6) is -1.23. The molecule has 3 aromatic rings. The fraction of sp³-hybridized carbons (Fsp3) is 0.118. The quantitative estimate of drug-likeness (QED) is 0.746. The van der Waals surface area contributed by atoms with Crippen LogP contribution in [-0.4, -0.2) is 28.0 Å². The van der Waals surface area contributed by atoms with Crippen molar-refractivity contribution >= 4 is 17.3 Å². The van der Waals surface area contributed by atoms with E-state index in [0.717, 1.165) is 5.52 Å². The molecule has 0 aliphatic rings. The van der Waals surface area contributed by atoms with Gasteiger partial charge >= 0.3 is 0 Å². The Morgan fingerprint density at radius 1 is 1.08 bits per heavy atom. The lowest BCUT2D eigenvalue weighted by molar-refractivity contribution is -0.120. The maximum Gasteiger partial charge on any atom is 0.272 e. The molecule has 0 aliphatic carbocycles. The summed E-state index contributed by atoms with van der Waals surface area (Å²) in [7, 11) is 0. The molecule has 1 aromatic carbocycles. The van der Waals surface area contributed by atoms with Gasteiger partial charge in [0.25, 0.3) is 5.91 Å². The average Bonchev–Trinajstić information content (AvgIpc) is 3.03. The average molecular weight is 326 g/mol. The topological polar surface area (TPSA) is 75.5 Å². The molecule has 2 amide bonds. The van der Waals surface area contributed by atoms with E-state index in [2.05, 4.69) is 15.7 Å². The van der Waals surface area contributed by atoms with Gasteiger partial charge in [0.15, 0.2) is 5.69 Å². The summed E-state index contributed by atoms with van der Waals surface area (Å²) in [6, 6.07) is 13.3. The molecule has 0 fully saturated rings.